The van der Waals surface area contributed by atoms with Crippen molar-refractivity contribution in [3.63, 3.8) is 0 Å². The third-order valence-corrected chi connectivity index (χ3v) is 5.51. The number of H-pyrrole nitrogens is 1. The molecule has 0 unspecified atom stereocenters. The Labute approximate surface area is 137 Å². The lowest BCUT2D eigenvalue weighted by molar-refractivity contribution is 0.104. The molecular formula is C15H10BrNO2S2. The number of hydrogen-bond donors (Lipinski definition) is 1. The molecule has 0 atom stereocenters. The highest BCUT2D eigenvalue weighted by Gasteiger charge is 2.15. The molecule has 0 saturated heterocycles. The third kappa shape index (κ3) is 2.79. The number of thiophene rings is 2. The van der Waals surface area contributed by atoms with E-state index in [1.54, 1.807) is 17.4 Å². The highest BCUT2D eigenvalue weighted by molar-refractivity contribution is 9.11. The van der Waals surface area contributed by atoms with Gasteiger partial charge in [-0.15, -0.1) is 22.7 Å². The lowest BCUT2D eigenvalue weighted by Crippen LogP contribution is -2.18. The van der Waals surface area contributed by atoms with Crippen molar-refractivity contribution in [1.82, 2.24) is 4.98 Å². The smallest absolute Gasteiger partial charge is 0.260 e. The Bertz CT molecular complexity index is 917. The summed E-state index contributed by atoms with van der Waals surface area (Å²) in [5, 5.41) is 4.77. The quantitative estimate of drug-likeness (QED) is 0.533. The Balaban J connectivity index is 2.01. The fraction of sp³-hybridized carbons (Fsp3) is 0.0667. The van der Waals surface area contributed by atoms with Crippen LogP contribution in [0.1, 0.15) is 21.5 Å². The molecule has 0 amide bonds. The summed E-state index contributed by atoms with van der Waals surface area (Å²) in [5.41, 5.74) is 1.55. The van der Waals surface area contributed by atoms with E-state index in [4.69, 9.17) is 0 Å². The van der Waals surface area contributed by atoms with E-state index in [2.05, 4.69) is 20.9 Å². The van der Waals surface area contributed by atoms with Crippen LogP contribution in [-0.4, -0.2) is 10.8 Å². The van der Waals surface area contributed by atoms with Gasteiger partial charge in [0.05, 0.1) is 9.35 Å². The van der Waals surface area contributed by atoms with E-state index in [9.17, 15) is 9.59 Å². The van der Waals surface area contributed by atoms with E-state index in [1.807, 2.05) is 29.8 Å². The molecule has 21 heavy (non-hydrogen) atoms. The fourth-order valence-electron chi connectivity index (χ4n) is 2.13. The molecule has 0 aliphatic heterocycles. The summed E-state index contributed by atoms with van der Waals surface area (Å²) < 4.78 is 1.00. The van der Waals surface area contributed by atoms with Crippen molar-refractivity contribution >= 4 is 60.7 Å². The van der Waals surface area contributed by atoms with Gasteiger partial charge in [-0.25, -0.2) is 0 Å². The number of nitrogens with one attached hydrogen (secondary N) is 1. The van der Waals surface area contributed by atoms with Crippen LogP contribution in [0, 0.1) is 6.92 Å². The first kappa shape index (κ1) is 14.4. The lowest BCUT2D eigenvalue weighted by atomic mass is 10.0. The summed E-state index contributed by atoms with van der Waals surface area (Å²) >= 11 is 6.39. The van der Waals surface area contributed by atoms with Gasteiger partial charge in [0.25, 0.3) is 5.56 Å². The van der Waals surface area contributed by atoms with Crippen molar-refractivity contribution < 1.29 is 4.79 Å². The average molecular weight is 380 g/mol. The molecule has 1 N–H and O–H groups in total. The van der Waals surface area contributed by atoms with Gasteiger partial charge in [0.1, 0.15) is 4.83 Å². The number of pyridine rings is 1. The standard InChI is InChI=1S/C15H10BrNO2S2/c1-8-10-4-5-20-15(10)17-14(19)13(8)11(18)3-2-9-6-12(16)21-7-9/h2-7H,1H3,(H,17,19). The maximum Gasteiger partial charge on any atom is 0.260 e. The van der Waals surface area contributed by atoms with Crippen LogP contribution in [0.15, 0.2) is 37.5 Å². The normalized spacial score (nSPS) is 11.5. The molecule has 3 heterocycles. The molecule has 106 valence electrons. The Hall–Kier alpha value is -1.50. The molecule has 0 aliphatic rings. The second kappa shape index (κ2) is 5.71. The van der Waals surface area contributed by atoms with Gasteiger partial charge in [0.15, 0.2) is 5.78 Å². The van der Waals surface area contributed by atoms with Gasteiger partial charge < -0.3 is 4.98 Å². The molecule has 3 rings (SSSR count). The van der Waals surface area contributed by atoms with E-state index in [1.165, 1.54) is 17.4 Å². The van der Waals surface area contributed by atoms with Crippen molar-refractivity contribution in [2.24, 2.45) is 0 Å². The van der Waals surface area contributed by atoms with Crippen LogP contribution in [0.25, 0.3) is 16.3 Å². The van der Waals surface area contributed by atoms with Gasteiger partial charge in [-0.2, -0.15) is 0 Å². The van der Waals surface area contributed by atoms with Gasteiger partial charge in [-0.3, -0.25) is 9.59 Å². The van der Waals surface area contributed by atoms with Crippen molar-refractivity contribution in [2.45, 2.75) is 6.92 Å². The second-order valence-corrected chi connectivity index (χ2v) is 7.71. The molecule has 0 spiro atoms. The summed E-state index contributed by atoms with van der Waals surface area (Å²) in [6.45, 7) is 1.81. The third-order valence-electron chi connectivity index (χ3n) is 3.16. The molecule has 0 radical (unpaired) electrons. The van der Waals surface area contributed by atoms with Gasteiger partial charge in [0.2, 0.25) is 0 Å². The van der Waals surface area contributed by atoms with Crippen LogP contribution >= 0.6 is 38.6 Å². The number of aromatic nitrogens is 1. The maximum absolute atomic E-state index is 12.3. The van der Waals surface area contributed by atoms with Gasteiger partial charge in [0, 0.05) is 5.39 Å². The molecule has 6 heteroatoms. The van der Waals surface area contributed by atoms with E-state index >= 15 is 0 Å². The average Bonchev–Trinajstić information content (AvgIpc) is 3.05. The number of hydrogen-bond acceptors (Lipinski definition) is 4. The Morgan fingerprint density at radius 2 is 2.19 bits per heavy atom. The first-order valence-electron chi connectivity index (χ1n) is 6.13. The predicted octanol–water partition coefficient (Wildman–Crippen LogP) is 4.62. The summed E-state index contributed by atoms with van der Waals surface area (Å²) in [5.74, 6) is -0.274. The second-order valence-electron chi connectivity index (χ2n) is 4.50. The summed E-state index contributed by atoms with van der Waals surface area (Å²) in [6.07, 6.45) is 3.17. The van der Waals surface area contributed by atoms with E-state index in [-0.39, 0.29) is 16.9 Å². The number of fused-ring (bicyclic) bond motifs is 1. The van der Waals surface area contributed by atoms with E-state index < -0.39 is 0 Å². The summed E-state index contributed by atoms with van der Waals surface area (Å²) in [6, 6.07) is 3.84. The summed E-state index contributed by atoms with van der Waals surface area (Å²) in [7, 11) is 0. The van der Waals surface area contributed by atoms with Crippen LogP contribution in [0.5, 0.6) is 0 Å². The number of carbonyl (C=O) groups is 1. The van der Waals surface area contributed by atoms with Crippen molar-refractivity contribution in [2.75, 3.05) is 0 Å². The molecule has 0 fully saturated rings. The van der Waals surface area contributed by atoms with Gasteiger partial charge in [-0.1, -0.05) is 6.08 Å². The number of rotatable bonds is 3. The number of aromatic amines is 1. The fourth-order valence-corrected chi connectivity index (χ4v) is 4.12. The Morgan fingerprint density at radius 3 is 2.90 bits per heavy atom. The first-order valence-corrected chi connectivity index (χ1v) is 8.68. The molecule has 0 saturated carbocycles. The molecule has 3 aromatic heterocycles. The van der Waals surface area contributed by atoms with Crippen LogP contribution in [0.4, 0.5) is 0 Å². The predicted molar refractivity (Wildman–Crippen MR) is 92.6 cm³/mol. The number of ketones is 1. The van der Waals surface area contributed by atoms with Crippen molar-refractivity contribution in [1.29, 1.82) is 0 Å². The van der Waals surface area contributed by atoms with Gasteiger partial charge in [-0.05, 0) is 62.9 Å². The summed E-state index contributed by atoms with van der Waals surface area (Å²) in [4.78, 5) is 28.0. The first-order chi connectivity index (χ1) is 10.1. The van der Waals surface area contributed by atoms with Crippen LogP contribution in [0.3, 0.4) is 0 Å². The topological polar surface area (TPSA) is 49.9 Å². The number of aryl methyl sites for hydroxylation is 1. The van der Waals surface area contributed by atoms with Crippen LogP contribution in [0.2, 0.25) is 0 Å². The molecule has 0 bridgehead atoms. The zero-order chi connectivity index (χ0) is 15.0. The lowest BCUT2D eigenvalue weighted by Gasteiger charge is -2.02. The minimum atomic E-state index is -0.330. The molecule has 3 nitrogen and oxygen atoms in total. The highest BCUT2D eigenvalue weighted by Crippen LogP contribution is 2.24. The largest absolute Gasteiger partial charge is 0.313 e. The SMILES string of the molecule is Cc1c(C(=O)C=Cc2csc(Br)c2)c(=O)[nH]c2sccc12. The monoisotopic (exact) mass is 379 g/mol. The molecule has 3 aromatic rings. The van der Waals surface area contributed by atoms with Crippen LogP contribution < -0.4 is 5.56 Å². The van der Waals surface area contributed by atoms with Crippen LogP contribution in [-0.2, 0) is 0 Å². The van der Waals surface area contributed by atoms with Gasteiger partial charge >= 0.3 is 0 Å². The van der Waals surface area contributed by atoms with Crippen molar-refractivity contribution in [3.05, 3.63) is 59.8 Å². The molecule has 0 aliphatic carbocycles. The number of halogens is 1. The minimum absolute atomic E-state index is 0.214. The van der Waals surface area contributed by atoms with E-state index in [0.29, 0.717) is 0 Å². The van der Waals surface area contributed by atoms with E-state index in [0.717, 1.165) is 25.1 Å². The minimum Gasteiger partial charge on any atom is -0.313 e. The zero-order valence-corrected chi connectivity index (χ0v) is 14.2. The maximum atomic E-state index is 12.3. The molecule has 0 aromatic carbocycles. The molecular weight excluding hydrogens is 370 g/mol. The van der Waals surface area contributed by atoms with Crippen molar-refractivity contribution in [3.8, 4) is 0 Å². The Kier molecular flexibility index (Phi) is 3.93. The number of carbonyl (C=O) groups excluding carboxylic acids is 1. The number of allylic oxidation sites excluding steroid dienone is 1. The zero-order valence-electron chi connectivity index (χ0n) is 11.0. The highest BCUT2D eigenvalue weighted by atomic mass is 79.9. The Morgan fingerprint density at radius 1 is 1.38 bits per heavy atom.